The number of hydrogen-bond acceptors (Lipinski definition) is 4. The van der Waals surface area contributed by atoms with Crippen LogP contribution >= 0.6 is 11.3 Å². The number of aryl methyl sites for hydroxylation is 1. The first-order valence-electron chi connectivity index (χ1n) is 7.07. The minimum atomic E-state index is 0.363. The summed E-state index contributed by atoms with van der Waals surface area (Å²) in [4.78, 5) is 5.75. The van der Waals surface area contributed by atoms with Crippen LogP contribution < -0.4 is 10.6 Å². The Morgan fingerprint density at radius 1 is 1.50 bits per heavy atom. The summed E-state index contributed by atoms with van der Waals surface area (Å²) < 4.78 is 0. The molecule has 1 aliphatic rings. The van der Waals surface area contributed by atoms with E-state index in [0.29, 0.717) is 18.1 Å². The summed E-state index contributed by atoms with van der Waals surface area (Å²) in [7, 11) is 0. The Morgan fingerprint density at radius 2 is 2.33 bits per heavy atom. The SMILES string of the molecule is Cc1cnc(C(C)NC(C)CC2CCCCN2)s1. The molecule has 2 rings (SSSR count). The van der Waals surface area contributed by atoms with E-state index in [1.165, 1.54) is 42.1 Å². The standard InChI is InChI=1S/C14H25N3S/c1-10(8-13-6-4-5-7-15-13)17-12(3)14-16-9-11(2)18-14/h9-10,12-13,15,17H,4-8H2,1-3H3. The lowest BCUT2D eigenvalue weighted by molar-refractivity contribution is 0.334. The summed E-state index contributed by atoms with van der Waals surface area (Å²) in [5.41, 5.74) is 0. The van der Waals surface area contributed by atoms with Crippen LogP contribution in [-0.4, -0.2) is 23.6 Å². The van der Waals surface area contributed by atoms with E-state index in [0.717, 1.165) is 0 Å². The Morgan fingerprint density at radius 3 is 2.94 bits per heavy atom. The summed E-state index contributed by atoms with van der Waals surface area (Å²) >= 11 is 1.79. The third-order valence-corrected chi connectivity index (χ3v) is 4.69. The van der Waals surface area contributed by atoms with Crippen molar-refractivity contribution < 1.29 is 0 Å². The second-order valence-electron chi connectivity index (χ2n) is 5.48. The van der Waals surface area contributed by atoms with Crippen molar-refractivity contribution in [3.63, 3.8) is 0 Å². The molecule has 0 radical (unpaired) electrons. The quantitative estimate of drug-likeness (QED) is 0.861. The Balaban J connectivity index is 1.77. The Bertz CT molecular complexity index is 358. The number of nitrogens with one attached hydrogen (secondary N) is 2. The second-order valence-corrected chi connectivity index (χ2v) is 6.75. The Hall–Kier alpha value is -0.450. The zero-order chi connectivity index (χ0) is 13.0. The highest BCUT2D eigenvalue weighted by Crippen LogP contribution is 2.20. The van der Waals surface area contributed by atoms with Crippen LogP contribution in [0.2, 0.25) is 0 Å². The summed E-state index contributed by atoms with van der Waals surface area (Å²) in [6, 6.07) is 1.61. The van der Waals surface area contributed by atoms with Crippen LogP contribution in [0.4, 0.5) is 0 Å². The Kier molecular flexibility index (Phi) is 5.15. The molecular formula is C14H25N3S. The van der Waals surface area contributed by atoms with E-state index in [2.05, 4.69) is 36.4 Å². The number of nitrogens with zero attached hydrogens (tertiary/aromatic N) is 1. The first-order chi connectivity index (χ1) is 8.65. The topological polar surface area (TPSA) is 37.0 Å². The number of hydrogen-bond donors (Lipinski definition) is 2. The van der Waals surface area contributed by atoms with Crippen LogP contribution in [0.15, 0.2) is 6.20 Å². The monoisotopic (exact) mass is 267 g/mol. The largest absolute Gasteiger partial charge is 0.314 e. The van der Waals surface area contributed by atoms with Gasteiger partial charge in [-0.15, -0.1) is 11.3 Å². The maximum absolute atomic E-state index is 4.46. The average Bonchev–Trinajstić information content (AvgIpc) is 2.77. The Labute approximate surface area is 114 Å². The predicted octanol–water partition coefficient (Wildman–Crippen LogP) is 3.02. The lowest BCUT2D eigenvalue weighted by atomic mass is 9.98. The molecule has 18 heavy (non-hydrogen) atoms. The smallest absolute Gasteiger partial charge is 0.109 e. The van der Waals surface area contributed by atoms with Crippen molar-refractivity contribution in [3.8, 4) is 0 Å². The fourth-order valence-electron chi connectivity index (χ4n) is 2.69. The third-order valence-electron chi connectivity index (χ3n) is 3.59. The van der Waals surface area contributed by atoms with Crippen molar-refractivity contribution >= 4 is 11.3 Å². The van der Waals surface area contributed by atoms with E-state index in [9.17, 15) is 0 Å². The van der Waals surface area contributed by atoms with E-state index in [4.69, 9.17) is 0 Å². The normalized spacial score (nSPS) is 23.8. The molecule has 3 unspecified atom stereocenters. The highest BCUT2D eigenvalue weighted by molar-refractivity contribution is 7.11. The van der Waals surface area contributed by atoms with E-state index >= 15 is 0 Å². The molecule has 102 valence electrons. The molecule has 1 aliphatic heterocycles. The second kappa shape index (κ2) is 6.64. The van der Waals surface area contributed by atoms with Crippen LogP contribution in [0.25, 0.3) is 0 Å². The van der Waals surface area contributed by atoms with Gasteiger partial charge in [0.1, 0.15) is 5.01 Å². The van der Waals surface area contributed by atoms with Crippen molar-refractivity contribution in [3.05, 3.63) is 16.1 Å². The molecule has 3 nitrogen and oxygen atoms in total. The molecule has 1 fully saturated rings. The van der Waals surface area contributed by atoms with Gasteiger partial charge in [-0.05, 0) is 46.6 Å². The highest BCUT2D eigenvalue weighted by Gasteiger charge is 2.18. The van der Waals surface area contributed by atoms with Gasteiger partial charge >= 0.3 is 0 Å². The maximum Gasteiger partial charge on any atom is 0.109 e. The summed E-state index contributed by atoms with van der Waals surface area (Å²) in [6.45, 7) is 7.80. The van der Waals surface area contributed by atoms with Gasteiger partial charge in [0.05, 0.1) is 6.04 Å². The van der Waals surface area contributed by atoms with E-state index in [1.807, 2.05) is 6.20 Å². The van der Waals surface area contributed by atoms with Gasteiger partial charge in [0.25, 0.3) is 0 Å². The van der Waals surface area contributed by atoms with Gasteiger partial charge in [0.15, 0.2) is 0 Å². The van der Waals surface area contributed by atoms with Crippen molar-refractivity contribution in [2.75, 3.05) is 6.54 Å². The fraction of sp³-hybridized carbons (Fsp3) is 0.786. The molecule has 0 aromatic carbocycles. The maximum atomic E-state index is 4.46. The fourth-order valence-corrected chi connectivity index (χ4v) is 3.48. The molecular weight excluding hydrogens is 242 g/mol. The minimum Gasteiger partial charge on any atom is -0.314 e. The average molecular weight is 267 g/mol. The molecule has 0 amide bonds. The summed E-state index contributed by atoms with van der Waals surface area (Å²) in [5.74, 6) is 0. The van der Waals surface area contributed by atoms with Crippen LogP contribution in [-0.2, 0) is 0 Å². The summed E-state index contributed by atoms with van der Waals surface area (Å²) in [5, 5.41) is 8.48. The first kappa shape index (κ1) is 14.0. The lowest BCUT2D eigenvalue weighted by Crippen LogP contribution is -2.40. The van der Waals surface area contributed by atoms with Crippen molar-refractivity contribution in [1.29, 1.82) is 0 Å². The molecule has 1 saturated heterocycles. The number of piperidine rings is 1. The predicted molar refractivity (Wildman–Crippen MR) is 78.1 cm³/mol. The molecule has 2 N–H and O–H groups in total. The van der Waals surface area contributed by atoms with E-state index in [-0.39, 0.29) is 0 Å². The highest BCUT2D eigenvalue weighted by atomic mass is 32.1. The van der Waals surface area contributed by atoms with Crippen LogP contribution in [0, 0.1) is 6.92 Å². The first-order valence-corrected chi connectivity index (χ1v) is 7.88. The number of aromatic nitrogens is 1. The molecule has 0 bridgehead atoms. The zero-order valence-electron chi connectivity index (χ0n) is 11.7. The van der Waals surface area contributed by atoms with Gasteiger partial charge in [-0.2, -0.15) is 0 Å². The zero-order valence-corrected chi connectivity index (χ0v) is 12.5. The molecule has 3 atom stereocenters. The van der Waals surface area contributed by atoms with Crippen LogP contribution in [0.5, 0.6) is 0 Å². The number of thiazole rings is 1. The van der Waals surface area contributed by atoms with Gasteiger partial charge in [-0.1, -0.05) is 6.42 Å². The molecule has 0 spiro atoms. The molecule has 1 aromatic heterocycles. The van der Waals surface area contributed by atoms with Gasteiger partial charge < -0.3 is 10.6 Å². The van der Waals surface area contributed by atoms with Crippen molar-refractivity contribution in [2.24, 2.45) is 0 Å². The lowest BCUT2D eigenvalue weighted by Gasteiger charge is -2.27. The van der Waals surface area contributed by atoms with Crippen molar-refractivity contribution in [2.45, 2.75) is 64.6 Å². The van der Waals surface area contributed by atoms with Gasteiger partial charge in [0.2, 0.25) is 0 Å². The van der Waals surface area contributed by atoms with Gasteiger partial charge in [0, 0.05) is 23.2 Å². The van der Waals surface area contributed by atoms with Crippen LogP contribution in [0.3, 0.4) is 0 Å². The minimum absolute atomic E-state index is 0.363. The molecule has 0 saturated carbocycles. The van der Waals surface area contributed by atoms with Gasteiger partial charge in [-0.25, -0.2) is 4.98 Å². The van der Waals surface area contributed by atoms with E-state index in [1.54, 1.807) is 11.3 Å². The molecule has 1 aromatic rings. The van der Waals surface area contributed by atoms with Crippen molar-refractivity contribution in [1.82, 2.24) is 15.6 Å². The third kappa shape index (κ3) is 4.04. The number of rotatable bonds is 5. The van der Waals surface area contributed by atoms with Crippen LogP contribution in [0.1, 0.15) is 55.5 Å². The molecule has 2 heterocycles. The van der Waals surface area contributed by atoms with Gasteiger partial charge in [-0.3, -0.25) is 0 Å². The molecule has 4 heteroatoms. The molecule has 0 aliphatic carbocycles. The summed E-state index contributed by atoms with van der Waals surface area (Å²) in [6.07, 6.45) is 7.23. The van der Waals surface area contributed by atoms with E-state index < -0.39 is 0 Å².